The first-order valence-corrected chi connectivity index (χ1v) is 8.29. The largest absolute Gasteiger partial charge is 0.444 e. The number of carbonyl (C=O) groups excluding carboxylic acids is 1. The lowest BCUT2D eigenvalue weighted by Gasteiger charge is -2.30. The second kappa shape index (κ2) is 6.71. The Morgan fingerprint density at radius 2 is 2.00 bits per heavy atom. The van der Waals surface area contributed by atoms with Gasteiger partial charge in [0.1, 0.15) is 6.61 Å². The fourth-order valence-electron chi connectivity index (χ4n) is 2.59. The predicted molar refractivity (Wildman–Crippen MR) is 91.4 cm³/mol. The first-order chi connectivity index (χ1) is 10.7. The molecule has 0 radical (unpaired) electrons. The second-order valence-corrected chi connectivity index (χ2v) is 6.40. The van der Waals surface area contributed by atoms with Crippen molar-refractivity contribution in [1.29, 1.82) is 0 Å². The topological polar surface area (TPSA) is 29.5 Å². The number of hydrogen-bond donors (Lipinski definition) is 0. The van der Waals surface area contributed by atoms with Crippen molar-refractivity contribution in [3.63, 3.8) is 0 Å². The fourth-order valence-corrected chi connectivity index (χ4v) is 3.20. The third-order valence-electron chi connectivity index (χ3n) is 3.68. The van der Waals surface area contributed by atoms with Crippen LogP contribution in [0.3, 0.4) is 0 Å². The van der Waals surface area contributed by atoms with Crippen LogP contribution in [-0.2, 0) is 17.8 Å². The summed E-state index contributed by atoms with van der Waals surface area (Å²) >= 11 is 9.79. The van der Waals surface area contributed by atoms with Crippen molar-refractivity contribution in [1.82, 2.24) is 0 Å². The highest BCUT2D eigenvalue weighted by atomic mass is 79.9. The van der Waals surface area contributed by atoms with E-state index in [1.807, 2.05) is 42.5 Å². The van der Waals surface area contributed by atoms with E-state index in [1.54, 1.807) is 4.90 Å². The number of anilines is 1. The van der Waals surface area contributed by atoms with Crippen LogP contribution in [0.5, 0.6) is 0 Å². The number of amides is 1. The van der Waals surface area contributed by atoms with E-state index in [2.05, 4.69) is 15.9 Å². The summed E-state index contributed by atoms with van der Waals surface area (Å²) in [6, 6.07) is 13.6. The molecule has 0 fully saturated rings. The summed E-state index contributed by atoms with van der Waals surface area (Å²) in [7, 11) is 0. The number of fused-ring (bicyclic) bond motifs is 1. The molecule has 1 aliphatic heterocycles. The van der Waals surface area contributed by atoms with Gasteiger partial charge in [-0.2, -0.15) is 0 Å². The van der Waals surface area contributed by atoms with Crippen LogP contribution in [0.1, 0.15) is 17.5 Å². The number of carbonyl (C=O) groups is 1. The smallest absolute Gasteiger partial charge is 0.414 e. The van der Waals surface area contributed by atoms with Gasteiger partial charge in [0, 0.05) is 11.0 Å². The van der Waals surface area contributed by atoms with E-state index in [9.17, 15) is 4.79 Å². The predicted octanol–water partition coefficient (Wildman–Crippen LogP) is 5.19. The Hall–Kier alpha value is -1.52. The van der Waals surface area contributed by atoms with Gasteiger partial charge in [-0.15, -0.1) is 0 Å². The minimum Gasteiger partial charge on any atom is -0.444 e. The summed E-state index contributed by atoms with van der Waals surface area (Å²) in [4.78, 5) is 14.1. The summed E-state index contributed by atoms with van der Waals surface area (Å²) in [5.74, 6) is 0. The molecule has 22 heavy (non-hydrogen) atoms. The van der Waals surface area contributed by atoms with Crippen molar-refractivity contribution in [2.24, 2.45) is 0 Å². The van der Waals surface area contributed by atoms with E-state index in [0.29, 0.717) is 11.6 Å². The summed E-state index contributed by atoms with van der Waals surface area (Å²) < 4.78 is 6.22. The number of ether oxygens (including phenoxy) is 1. The standard InChI is InChI=1S/C17H15BrClNO2/c18-14-9-8-13-7-4-10-20(16(13)15(14)19)17(21)22-11-12-5-2-1-3-6-12/h1-3,5-6,8-9H,4,7,10-11H2. The Balaban J connectivity index is 1.79. The number of benzene rings is 2. The van der Waals surface area contributed by atoms with Crippen LogP contribution in [0.15, 0.2) is 46.9 Å². The average Bonchev–Trinajstić information content (AvgIpc) is 2.56. The van der Waals surface area contributed by atoms with Gasteiger partial charge in [0.05, 0.1) is 10.7 Å². The molecule has 0 saturated carbocycles. The SMILES string of the molecule is O=C(OCc1ccccc1)N1CCCc2ccc(Br)c(Cl)c21. The van der Waals surface area contributed by atoms with E-state index in [4.69, 9.17) is 16.3 Å². The maximum absolute atomic E-state index is 12.4. The van der Waals surface area contributed by atoms with Gasteiger partial charge in [-0.25, -0.2) is 4.79 Å². The number of aryl methyl sites for hydroxylation is 1. The zero-order valence-electron chi connectivity index (χ0n) is 11.9. The van der Waals surface area contributed by atoms with Crippen molar-refractivity contribution in [2.75, 3.05) is 11.4 Å². The van der Waals surface area contributed by atoms with E-state index < -0.39 is 0 Å². The lowest BCUT2D eigenvalue weighted by atomic mass is 10.0. The van der Waals surface area contributed by atoms with E-state index in [-0.39, 0.29) is 12.7 Å². The van der Waals surface area contributed by atoms with Crippen molar-refractivity contribution in [3.05, 3.63) is 63.1 Å². The molecular formula is C17H15BrClNO2. The maximum Gasteiger partial charge on any atom is 0.414 e. The molecule has 3 nitrogen and oxygen atoms in total. The van der Waals surface area contributed by atoms with E-state index >= 15 is 0 Å². The molecule has 0 saturated heterocycles. The first-order valence-electron chi connectivity index (χ1n) is 7.12. The lowest BCUT2D eigenvalue weighted by molar-refractivity contribution is 0.146. The Labute approximate surface area is 143 Å². The molecule has 0 aromatic heterocycles. The molecule has 0 N–H and O–H groups in total. The molecule has 1 heterocycles. The molecule has 1 aliphatic rings. The fraction of sp³-hybridized carbons (Fsp3) is 0.235. The Kier molecular flexibility index (Phi) is 4.69. The van der Waals surface area contributed by atoms with Gasteiger partial charge in [0.15, 0.2) is 0 Å². The molecule has 2 aromatic carbocycles. The van der Waals surface area contributed by atoms with Gasteiger partial charge in [-0.1, -0.05) is 48.0 Å². The molecule has 0 aliphatic carbocycles. The average molecular weight is 381 g/mol. The van der Waals surface area contributed by atoms with Crippen molar-refractivity contribution < 1.29 is 9.53 Å². The monoisotopic (exact) mass is 379 g/mol. The number of nitrogens with zero attached hydrogens (tertiary/aromatic N) is 1. The minimum absolute atomic E-state index is 0.261. The molecule has 0 atom stereocenters. The van der Waals surface area contributed by atoms with Crippen molar-refractivity contribution >= 4 is 39.3 Å². The number of hydrogen-bond acceptors (Lipinski definition) is 2. The van der Waals surface area contributed by atoms with Gasteiger partial charge >= 0.3 is 6.09 Å². The zero-order chi connectivity index (χ0) is 15.5. The summed E-state index contributed by atoms with van der Waals surface area (Å²) in [5, 5.41) is 0.564. The number of halogens is 2. The highest BCUT2D eigenvalue weighted by Gasteiger charge is 2.27. The van der Waals surface area contributed by atoms with Crippen LogP contribution in [0.4, 0.5) is 10.5 Å². The van der Waals surface area contributed by atoms with Gasteiger partial charge in [0.25, 0.3) is 0 Å². The summed E-state index contributed by atoms with van der Waals surface area (Å²) in [5.41, 5.74) is 2.81. The second-order valence-electron chi connectivity index (χ2n) is 5.16. The molecule has 114 valence electrons. The molecule has 0 bridgehead atoms. The molecular weight excluding hydrogens is 366 g/mol. The van der Waals surface area contributed by atoms with Gasteiger partial charge < -0.3 is 4.74 Å². The van der Waals surface area contributed by atoms with Crippen LogP contribution in [0.2, 0.25) is 5.02 Å². The van der Waals surface area contributed by atoms with E-state index in [1.165, 1.54) is 0 Å². The van der Waals surface area contributed by atoms with E-state index in [0.717, 1.165) is 34.1 Å². The number of rotatable bonds is 2. The minimum atomic E-state index is -0.357. The molecule has 3 rings (SSSR count). The van der Waals surface area contributed by atoms with Gasteiger partial charge in [-0.3, -0.25) is 4.90 Å². The Bertz CT molecular complexity index is 691. The van der Waals surface area contributed by atoms with Crippen molar-refractivity contribution in [2.45, 2.75) is 19.4 Å². The molecule has 5 heteroatoms. The Morgan fingerprint density at radius 1 is 1.23 bits per heavy atom. The molecule has 1 amide bonds. The molecule has 0 spiro atoms. The van der Waals surface area contributed by atoms with Gasteiger partial charge in [-0.05, 0) is 46.0 Å². The molecule has 0 unspecified atom stereocenters. The zero-order valence-corrected chi connectivity index (χ0v) is 14.2. The van der Waals surface area contributed by atoms with Crippen molar-refractivity contribution in [3.8, 4) is 0 Å². The Morgan fingerprint density at radius 3 is 2.77 bits per heavy atom. The normalized spacial score (nSPS) is 13.6. The lowest BCUT2D eigenvalue weighted by Crippen LogP contribution is -2.36. The van der Waals surface area contributed by atoms with Crippen LogP contribution >= 0.6 is 27.5 Å². The molecule has 2 aromatic rings. The maximum atomic E-state index is 12.4. The van der Waals surface area contributed by atoms with Crippen LogP contribution in [0.25, 0.3) is 0 Å². The van der Waals surface area contributed by atoms with Crippen LogP contribution in [-0.4, -0.2) is 12.6 Å². The van der Waals surface area contributed by atoms with Crippen LogP contribution in [0, 0.1) is 0 Å². The van der Waals surface area contributed by atoms with Gasteiger partial charge in [0.2, 0.25) is 0 Å². The highest BCUT2D eigenvalue weighted by molar-refractivity contribution is 9.10. The summed E-state index contributed by atoms with van der Waals surface area (Å²) in [6.07, 6.45) is 1.47. The quantitative estimate of drug-likeness (QED) is 0.717. The van der Waals surface area contributed by atoms with Crippen LogP contribution < -0.4 is 4.90 Å². The first kappa shape index (κ1) is 15.4. The highest BCUT2D eigenvalue weighted by Crippen LogP contribution is 2.39. The third-order valence-corrected chi connectivity index (χ3v) is 4.95. The third kappa shape index (κ3) is 3.13. The summed E-state index contributed by atoms with van der Waals surface area (Å²) in [6.45, 7) is 0.883.